The van der Waals surface area contributed by atoms with E-state index in [-0.39, 0.29) is 5.82 Å². The summed E-state index contributed by atoms with van der Waals surface area (Å²) < 4.78 is 14.1. The molecule has 28 heavy (non-hydrogen) atoms. The predicted octanol–water partition coefficient (Wildman–Crippen LogP) is 2.02. The number of pyridine rings is 1. The summed E-state index contributed by atoms with van der Waals surface area (Å²) in [7, 11) is 0. The molecule has 0 bridgehead atoms. The number of thiocarbonyl (C=S) groups is 1. The molecule has 0 unspecified atom stereocenters. The Morgan fingerprint density at radius 3 is 2.86 bits per heavy atom. The molecule has 0 spiro atoms. The van der Waals surface area contributed by atoms with Gasteiger partial charge in [-0.25, -0.2) is 4.39 Å². The molecule has 4 N–H and O–H groups in total. The van der Waals surface area contributed by atoms with Crippen molar-refractivity contribution in [1.82, 2.24) is 15.3 Å². The lowest BCUT2D eigenvalue weighted by molar-refractivity contribution is 0.379. The van der Waals surface area contributed by atoms with Crippen LogP contribution in [0.1, 0.15) is 12.1 Å². The van der Waals surface area contributed by atoms with Gasteiger partial charge in [-0.1, -0.05) is 0 Å². The Balaban J connectivity index is 1.36. The van der Waals surface area contributed by atoms with Crippen LogP contribution in [0.5, 0.6) is 0 Å². The van der Waals surface area contributed by atoms with Gasteiger partial charge in [-0.15, -0.1) is 0 Å². The van der Waals surface area contributed by atoms with E-state index in [1.807, 2.05) is 21.9 Å². The zero-order chi connectivity index (χ0) is 19.5. The predicted molar refractivity (Wildman–Crippen MR) is 114 cm³/mol. The standard InChI is InChI=1S/C19H22FN7S/c20-14-12-13(21)3-4-17(14)26-8-10-27(11-9-26)19(28)25-24-16-5-7-22-15-2-1-6-23-18(15)16/h1-4,6,12,22H,5,7-11,21H2,(H,25,28)/b24-16-. The van der Waals surface area contributed by atoms with Crippen LogP contribution in [0.2, 0.25) is 0 Å². The van der Waals surface area contributed by atoms with Crippen LogP contribution in [0.15, 0.2) is 41.6 Å². The Bertz CT molecular complexity index is 909. The van der Waals surface area contributed by atoms with Gasteiger partial charge in [0.2, 0.25) is 0 Å². The lowest BCUT2D eigenvalue weighted by Gasteiger charge is -2.37. The maximum Gasteiger partial charge on any atom is 0.189 e. The Hall–Kier alpha value is -2.94. The van der Waals surface area contributed by atoms with E-state index in [9.17, 15) is 4.39 Å². The van der Waals surface area contributed by atoms with E-state index >= 15 is 0 Å². The number of aromatic nitrogens is 1. The minimum Gasteiger partial charge on any atom is -0.399 e. The van der Waals surface area contributed by atoms with E-state index in [0.717, 1.165) is 30.1 Å². The average molecular weight is 399 g/mol. The number of hydrogen-bond donors (Lipinski definition) is 3. The number of nitrogens with two attached hydrogens (primary N) is 1. The van der Waals surface area contributed by atoms with E-state index in [0.29, 0.717) is 42.7 Å². The van der Waals surface area contributed by atoms with Gasteiger partial charge in [-0.2, -0.15) is 5.10 Å². The minimum absolute atomic E-state index is 0.294. The fraction of sp³-hybridized carbons (Fsp3) is 0.316. The molecule has 146 valence electrons. The van der Waals surface area contributed by atoms with E-state index in [4.69, 9.17) is 18.0 Å². The second-order valence-electron chi connectivity index (χ2n) is 6.74. The van der Waals surface area contributed by atoms with Crippen LogP contribution >= 0.6 is 12.2 Å². The monoisotopic (exact) mass is 399 g/mol. The van der Waals surface area contributed by atoms with Gasteiger partial charge in [-0.3, -0.25) is 10.4 Å². The highest BCUT2D eigenvalue weighted by atomic mass is 32.1. The number of halogens is 1. The van der Waals surface area contributed by atoms with E-state index in [2.05, 4.69) is 20.8 Å². The van der Waals surface area contributed by atoms with Crippen molar-refractivity contribution in [2.24, 2.45) is 5.10 Å². The molecule has 9 heteroatoms. The summed E-state index contributed by atoms with van der Waals surface area (Å²) in [6, 6.07) is 8.69. The summed E-state index contributed by atoms with van der Waals surface area (Å²) in [6.07, 6.45) is 2.54. The van der Waals surface area contributed by atoms with Gasteiger partial charge < -0.3 is 20.9 Å². The number of piperazine rings is 1. The molecule has 2 aliphatic heterocycles. The first kappa shape index (κ1) is 18.4. The van der Waals surface area contributed by atoms with Crippen molar-refractivity contribution < 1.29 is 4.39 Å². The van der Waals surface area contributed by atoms with E-state index < -0.39 is 0 Å². The summed E-state index contributed by atoms with van der Waals surface area (Å²) in [4.78, 5) is 8.46. The summed E-state index contributed by atoms with van der Waals surface area (Å²) in [5, 5.41) is 8.38. The lowest BCUT2D eigenvalue weighted by atomic mass is 10.1. The molecule has 0 amide bonds. The van der Waals surface area contributed by atoms with Gasteiger partial charge in [0.25, 0.3) is 0 Å². The Labute approximate surface area is 168 Å². The third-order valence-electron chi connectivity index (χ3n) is 4.92. The van der Waals surface area contributed by atoms with Crippen LogP contribution in [0.25, 0.3) is 0 Å². The molecule has 0 saturated carbocycles. The second-order valence-corrected chi connectivity index (χ2v) is 7.12. The van der Waals surface area contributed by atoms with E-state index in [1.165, 1.54) is 6.07 Å². The highest BCUT2D eigenvalue weighted by Gasteiger charge is 2.22. The maximum absolute atomic E-state index is 14.1. The quantitative estimate of drug-likeness (QED) is 0.405. The average Bonchev–Trinajstić information content (AvgIpc) is 2.72. The highest BCUT2D eigenvalue weighted by Crippen LogP contribution is 2.23. The number of nitrogen functional groups attached to an aromatic ring is 1. The number of nitrogens with one attached hydrogen (secondary N) is 2. The van der Waals surface area contributed by atoms with Gasteiger partial charge in [-0.05, 0) is 42.5 Å². The zero-order valence-corrected chi connectivity index (χ0v) is 16.2. The van der Waals surface area contributed by atoms with Gasteiger partial charge >= 0.3 is 0 Å². The number of fused-ring (bicyclic) bond motifs is 1. The summed E-state index contributed by atoms with van der Waals surface area (Å²) in [5.41, 5.74) is 12.4. The second kappa shape index (κ2) is 7.97. The fourth-order valence-corrected chi connectivity index (χ4v) is 3.67. The van der Waals surface area contributed by atoms with Crippen molar-refractivity contribution in [3.05, 3.63) is 48.0 Å². The summed E-state index contributed by atoms with van der Waals surface area (Å²) in [6.45, 7) is 3.55. The molecule has 0 aliphatic carbocycles. The molecular weight excluding hydrogens is 377 g/mol. The van der Waals surface area contributed by atoms with Crippen LogP contribution < -0.4 is 21.4 Å². The number of hydrazone groups is 1. The summed E-state index contributed by atoms with van der Waals surface area (Å²) >= 11 is 5.50. The van der Waals surface area contributed by atoms with Crippen molar-refractivity contribution >= 4 is 40.1 Å². The topological polar surface area (TPSA) is 81.8 Å². The lowest BCUT2D eigenvalue weighted by Crippen LogP contribution is -2.51. The number of nitrogens with zero attached hydrogens (tertiary/aromatic N) is 4. The Morgan fingerprint density at radius 1 is 1.25 bits per heavy atom. The first-order chi connectivity index (χ1) is 13.6. The molecule has 0 atom stereocenters. The Morgan fingerprint density at radius 2 is 2.07 bits per heavy atom. The van der Waals surface area contributed by atoms with Crippen molar-refractivity contribution in [1.29, 1.82) is 0 Å². The van der Waals surface area contributed by atoms with Crippen molar-refractivity contribution in [2.45, 2.75) is 6.42 Å². The first-order valence-corrected chi connectivity index (χ1v) is 9.63. The van der Waals surface area contributed by atoms with Crippen LogP contribution in [-0.2, 0) is 0 Å². The van der Waals surface area contributed by atoms with Crippen LogP contribution in [0.4, 0.5) is 21.5 Å². The number of benzene rings is 1. The van der Waals surface area contributed by atoms with Crippen LogP contribution in [-0.4, -0.2) is 53.4 Å². The van der Waals surface area contributed by atoms with Crippen molar-refractivity contribution in [3.63, 3.8) is 0 Å². The van der Waals surface area contributed by atoms with Gasteiger partial charge in [0.05, 0.1) is 17.1 Å². The molecular formula is C19H22FN7S. The molecule has 1 saturated heterocycles. The molecule has 0 radical (unpaired) electrons. The number of hydrogen-bond acceptors (Lipinski definition) is 6. The molecule has 2 aromatic rings. The molecule has 2 aliphatic rings. The van der Waals surface area contributed by atoms with Crippen molar-refractivity contribution in [2.75, 3.05) is 48.7 Å². The molecule has 3 heterocycles. The molecule has 7 nitrogen and oxygen atoms in total. The number of anilines is 3. The molecule has 1 aromatic carbocycles. The van der Waals surface area contributed by atoms with E-state index in [1.54, 1.807) is 18.3 Å². The maximum atomic E-state index is 14.1. The minimum atomic E-state index is -0.294. The fourth-order valence-electron chi connectivity index (χ4n) is 3.44. The third kappa shape index (κ3) is 3.84. The van der Waals surface area contributed by atoms with Gasteiger partial charge in [0.15, 0.2) is 5.11 Å². The first-order valence-electron chi connectivity index (χ1n) is 9.22. The molecule has 4 rings (SSSR count). The molecule has 1 fully saturated rings. The zero-order valence-electron chi connectivity index (χ0n) is 15.4. The Kier molecular flexibility index (Phi) is 5.25. The van der Waals surface area contributed by atoms with Crippen molar-refractivity contribution in [3.8, 4) is 0 Å². The van der Waals surface area contributed by atoms with Crippen LogP contribution in [0.3, 0.4) is 0 Å². The third-order valence-corrected chi connectivity index (χ3v) is 5.27. The SMILES string of the molecule is Nc1ccc(N2CCN(C(=S)N/N=C3/CCNc4cccnc43)CC2)c(F)c1. The summed E-state index contributed by atoms with van der Waals surface area (Å²) in [5.74, 6) is -0.294. The van der Waals surface area contributed by atoms with Gasteiger partial charge in [0.1, 0.15) is 11.5 Å². The molecule has 1 aromatic heterocycles. The number of rotatable bonds is 2. The van der Waals surface area contributed by atoms with Gasteiger partial charge in [0, 0.05) is 51.0 Å². The largest absolute Gasteiger partial charge is 0.399 e. The smallest absolute Gasteiger partial charge is 0.189 e. The van der Waals surface area contributed by atoms with Crippen LogP contribution in [0, 0.1) is 5.82 Å². The normalized spacial score (nSPS) is 17.8. The highest BCUT2D eigenvalue weighted by molar-refractivity contribution is 7.80.